The summed E-state index contributed by atoms with van der Waals surface area (Å²) in [6.07, 6.45) is 2.41. The first kappa shape index (κ1) is 8.82. The summed E-state index contributed by atoms with van der Waals surface area (Å²) in [4.78, 5) is 0. The van der Waals surface area contributed by atoms with E-state index >= 15 is 0 Å². The van der Waals surface area contributed by atoms with Gasteiger partial charge in [-0.2, -0.15) is 0 Å². The molecule has 50 valence electrons. The molecule has 0 saturated heterocycles. The van der Waals surface area contributed by atoms with Gasteiger partial charge in [0.25, 0.3) is 0 Å². The van der Waals surface area contributed by atoms with Gasteiger partial charge in [0.15, 0.2) is 0 Å². The molecule has 0 spiro atoms. The van der Waals surface area contributed by atoms with Gasteiger partial charge >= 0.3 is 0 Å². The van der Waals surface area contributed by atoms with Gasteiger partial charge in [-0.05, 0) is 12.6 Å². The molecule has 3 heteroatoms. The van der Waals surface area contributed by atoms with Crippen LogP contribution in [-0.2, 0) is 0 Å². The van der Waals surface area contributed by atoms with Crippen molar-refractivity contribution in [3.8, 4) is 0 Å². The van der Waals surface area contributed by atoms with Crippen LogP contribution in [0.2, 0.25) is 0 Å². The van der Waals surface area contributed by atoms with Crippen LogP contribution in [0, 0.1) is 0 Å². The average molecular weight is 151 g/mol. The summed E-state index contributed by atoms with van der Waals surface area (Å²) >= 11 is 0. The highest BCUT2D eigenvalue weighted by Crippen LogP contribution is 1.99. The first-order chi connectivity index (χ1) is 3.81. The van der Waals surface area contributed by atoms with E-state index in [1.165, 1.54) is 25.7 Å². The molecule has 0 bridgehead atoms. The summed E-state index contributed by atoms with van der Waals surface area (Å²) in [5.74, 6) is 0. The second-order valence-corrected chi connectivity index (χ2v) is 3.13. The van der Waals surface area contributed by atoms with Crippen molar-refractivity contribution >= 4 is 18.6 Å². The largest absolute Gasteiger partial charge is 0.287 e. The van der Waals surface area contributed by atoms with Gasteiger partial charge in [-0.1, -0.05) is 16.3 Å². The molecular weight excluding hydrogens is 136 g/mol. The van der Waals surface area contributed by atoms with E-state index in [1.54, 1.807) is 0 Å². The monoisotopic (exact) mass is 151 g/mol. The van der Waals surface area contributed by atoms with Gasteiger partial charge in [-0.25, -0.2) is 0 Å². The minimum Gasteiger partial charge on any atom is -0.287 e. The minimum absolute atomic E-state index is 1.17. The van der Waals surface area contributed by atoms with Crippen LogP contribution in [0.25, 0.3) is 0 Å². The lowest BCUT2D eigenvalue weighted by Crippen LogP contribution is -2.14. The van der Waals surface area contributed by atoms with E-state index < -0.39 is 0 Å². The summed E-state index contributed by atoms with van der Waals surface area (Å²) in [5, 5.41) is 0. The number of hydrogen-bond acceptors (Lipinski definition) is 1. The van der Waals surface area contributed by atoms with Gasteiger partial charge in [-0.3, -0.25) is 4.67 Å². The Morgan fingerprint density at radius 1 is 1.38 bits per heavy atom. The fourth-order valence-electron chi connectivity index (χ4n) is 0.565. The summed E-state index contributed by atoms with van der Waals surface area (Å²) in [6, 6.07) is 0. The molecule has 0 amide bonds. The molecule has 2 unspecified atom stereocenters. The molecular formula is C5H15NP2. The molecule has 0 fully saturated rings. The molecule has 0 aliphatic rings. The van der Waals surface area contributed by atoms with Crippen molar-refractivity contribution in [2.24, 2.45) is 0 Å². The molecule has 0 aromatic heterocycles. The predicted molar refractivity (Wildman–Crippen MR) is 46.2 cm³/mol. The Morgan fingerprint density at radius 2 is 2.00 bits per heavy atom. The van der Waals surface area contributed by atoms with E-state index in [0.29, 0.717) is 0 Å². The van der Waals surface area contributed by atoms with Gasteiger partial charge < -0.3 is 0 Å². The highest BCUT2D eigenvalue weighted by Gasteiger charge is 1.90. The predicted octanol–water partition coefficient (Wildman–Crippen LogP) is 1.36. The third kappa shape index (κ3) is 4.97. The summed E-state index contributed by atoms with van der Waals surface area (Å²) < 4.78 is 2.26. The SMILES string of the molecule is CCCN(P)CCP. The van der Waals surface area contributed by atoms with Crippen molar-refractivity contribution < 1.29 is 0 Å². The maximum Gasteiger partial charge on any atom is 0.00508 e. The van der Waals surface area contributed by atoms with Crippen molar-refractivity contribution in [2.45, 2.75) is 13.3 Å². The highest BCUT2D eigenvalue weighted by molar-refractivity contribution is 7.16. The molecule has 0 rings (SSSR count). The van der Waals surface area contributed by atoms with Gasteiger partial charge in [0, 0.05) is 13.1 Å². The van der Waals surface area contributed by atoms with E-state index in [9.17, 15) is 0 Å². The lowest BCUT2D eigenvalue weighted by Gasteiger charge is -2.12. The van der Waals surface area contributed by atoms with Crippen molar-refractivity contribution in [3.05, 3.63) is 0 Å². The number of rotatable bonds is 4. The van der Waals surface area contributed by atoms with Crippen LogP contribution in [0.5, 0.6) is 0 Å². The first-order valence-corrected chi connectivity index (χ1v) is 4.34. The third-order valence-corrected chi connectivity index (χ3v) is 1.70. The fourth-order valence-corrected chi connectivity index (χ4v) is 1.60. The lowest BCUT2D eigenvalue weighted by atomic mass is 10.5. The molecule has 0 N–H and O–H groups in total. The minimum atomic E-state index is 1.17. The summed E-state index contributed by atoms with van der Waals surface area (Å²) in [5.41, 5.74) is 0. The molecule has 0 aromatic rings. The first-order valence-electron chi connectivity index (χ1n) is 3.01. The number of nitrogens with zero attached hydrogens (tertiary/aromatic N) is 1. The Morgan fingerprint density at radius 3 is 2.38 bits per heavy atom. The summed E-state index contributed by atoms with van der Waals surface area (Å²) in [6.45, 7) is 4.56. The normalized spacial score (nSPS) is 10.5. The molecule has 2 atom stereocenters. The molecule has 0 heterocycles. The van der Waals surface area contributed by atoms with Gasteiger partial charge in [0.05, 0.1) is 0 Å². The highest BCUT2D eigenvalue weighted by atomic mass is 31.0. The average Bonchev–Trinajstić information content (AvgIpc) is 1.68. The van der Waals surface area contributed by atoms with Gasteiger partial charge in [-0.15, -0.1) is 9.24 Å². The van der Waals surface area contributed by atoms with E-state index in [-0.39, 0.29) is 0 Å². The van der Waals surface area contributed by atoms with Crippen LogP contribution in [0.4, 0.5) is 0 Å². The second-order valence-electron chi connectivity index (χ2n) is 1.82. The van der Waals surface area contributed by atoms with Crippen LogP contribution >= 0.6 is 18.6 Å². The van der Waals surface area contributed by atoms with Crippen LogP contribution in [0.3, 0.4) is 0 Å². The molecule has 0 saturated carbocycles. The maximum absolute atomic E-state index is 2.72. The van der Waals surface area contributed by atoms with Crippen molar-refractivity contribution in [3.63, 3.8) is 0 Å². The van der Waals surface area contributed by atoms with Crippen LogP contribution < -0.4 is 0 Å². The van der Waals surface area contributed by atoms with Gasteiger partial charge in [0.2, 0.25) is 0 Å². The van der Waals surface area contributed by atoms with Gasteiger partial charge in [0.1, 0.15) is 0 Å². The summed E-state index contributed by atoms with van der Waals surface area (Å²) in [7, 11) is 5.44. The molecule has 0 aliphatic heterocycles. The standard InChI is InChI=1S/C5H15NP2/c1-2-3-6(8)4-5-7/h2-5,7-8H2,1H3. The Balaban J connectivity index is 2.92. The third-order valence-electron chi connectivity index (χ3n) is 0.927. The molecule has 8 heavy (non-hydrogen) atoms. The Hall–Kier alpha value is 0.820. The van der Waals surface area contributed by atoms with Crippen molar-refractivity contribution in [1.29, 1.82) is 0 Å². The zero-order valence-corrected chi connectivity index (χ0v) is 7.74. The van der Waals surface area contributed by atoms with Crippen LogP contribution in [0.15, 0.2) is 0 Å². The molecule has 0 aliphatic carbocycles. The Bertz CT molecular complexity index is 43.7. The van der Waals surface area contributed by atoms with E-state index in [2.05, 4.69) is 30.2 Å². The molecule has 0 aromatic carbocycles. The molecule has 0 radical (unpaired) electrons. The topological polar surface area (TPSA) is 3.24 Å². The van der Waals surface area contributed by atoms with Crippen LogP contribution in [-0.4, -0.2) is 23.9 Å². The second kappa shape index (κ2) is 5.95. The van der Waals surface area contributed by atoms with E-state index in [0.717, 1.165) is 0 Å². The quantitative estimate of drug-likeness (QED) is 0.548. The van der Waals surface area contributed by atoms with Crippen LogP contribution in [0.1, 0.15) is 13.3 Å². The zero-order chi connectivity index (χ0) is 6.41. The zero-order valence-electron chi connectivity index (χ0n) is 5.43. The van der Waals surface area contributed by atoms with Crippen molar-refractivity contribution in [2.75, 3.05) is 19.3 Å². The van der Waals surface area contributed by atoms with Crippen molar-refractivity contribution in [1.82, 2.24) is 4.67 Å². The maximum atomic E-state index is 2.72. The van der Waals surface area contributed by atoms with E-state index in [4.69, 9.17) is 0 Å². The Kier molecular flexibility index (Phi) is 6.56. The fraction of sp³-hybridized carbons (Fsp3) is 1.00. The lowest BCUT2D eigenvalue weighted by molar-refractivity contribution is 0.496. The smallest absolute Gasteiger partial charge is 0.00508 e. The molecule has 1 nitrogen and oxygen atoms in total. The number of hydrogen-bond donors (Lipinski definition) is 0. The Labute approximate surface area is 56.7 Å². The van der Waals surface area contributed by atoms with E-state index in [1.807, 2.05) is 0 Å².